The van der Waals surface area contributed by atoms with Crippen LogP contribution in [0.25, 0.3) is 0 Å². The molecular formula is C29H54N2. The van der Waals surface area contributed by atoms with E-state index in [-0.39, 0.29) is 0 Å². The first-order valence-corrected chi connectivity index (χ1v) is 14.3. The zero-order valence-electron chi connectivity index (χ0n) is 21.4. The molecule has 6 fully saturated rings. The molecule has 3 unspecified atom stereocenters. The first-order valence-electron chi connectivity index (χ1n) is 14.3. The van der Waals surface area contributed by atoms with Gasteiger partial charge in [0.1, 0.15) is 0 Å². The fraction of sp³-hybridized carbons (Fsp3) is 1.00. The summed E-state index contributed by atoms with van der Waals surface area (Å²) in [6, 6.07) is 0.694. The van der Waals surface area contributed by atoms with Crippen molar-refractivity contribution in [3.05, 3.63) is 0 Å². The van der Waals surface area contributed by atoms with Gasteiger partial charge >= 0.3 is 0 Å². The molecule has 2 heteroatoms. The van der Waals surface area contributed by atoms with Crippen LogP contribution >= 0.6 is 0 Å². The van der Waals surface area contributed by atoms with E-state index in [1.165, 1.54) is 89.9 Å². The molecule has 6 aliphatic rings. The number of nitrogens with two attached hydrogens (primary N) is 1. The maximum absolute atomic E-state index is 5.90. The highest BCUT2D eigenvalue weighted by Crippen LogP contribution is 2.58. The molecule has 0 heterocycles. The minimum absolute atomic E-state index is 0.513. The second-order valence-electron chi connectivity index (χ2n) is 13.3. The van der Waals surface area contributed by atoms with Crippen LogP contribution in [0.4, 0.5) is 0 Å². The fourth-order valence-corrected chi connectivity index (χ4v) is 9.49. The van der Waals surface area contributed by atoms with E-state index in [1.54, 1.807) is 0 Å². The Morgan fingerprint density at radius 1 is 0.742 bits per heavy atom. The lowest BCUT2D eigenvalue weighted by Crippen LogP contribution is -2.55. The summed E-state index contributed by atoms with van der Waals surface area (Å²) in [5.41, 5.74) is 7.03. The molecule has 4 bridgehead atoms. The smallest absolute Gasteiger partial charge is 0.0104 e. The van der Waals surface area contributed by atoms with Gasteiger partial charge in [0.2, 0.25) is 0 Å². The summed E-state index contributed by atoms with van der Waals surface area (Å²) in [6.45, 7) is 12.1. The average molecular weight is 431 g/mol. The second kappa shape index (κ2) is 10.0. The molecule has 6 rings (SSSR count). The van der Waals surface area contributed by atoms with Crippen LogP contribution in [0.15, 0.2) is 0 Å². The number of fused-ring (bicyclic) bond motifs is 6. The molecule has 3 N–H and O–H groups in total. The molecule has 0 aliphatic heterocycles. The molecule has 2 nitrogen and oxygen atoms in total. The van der Waals surface area contributed by atoms with E-state index in [4.69, 9.17) is 5.73 Å². The Kier molecular flexibility index (Phi) is 7.79. The summed E-state index contributed by atoms with van der Waals surface area (Å²) in [5.74, 6) is 5.86. The van der Waals surface area contributed by atoms with Crippen LogP contribution in [0.2, 0.25) is 0 Å². The van der Waals surface area contributed by atoms with Gasteiger partial charge in [-0.05, 0) is 111 Å². The van der Waals surface area contributed by atoms with Gasteiger partial charge in [0.05, 0.1) is 0 Å². The Morgan fingerprint density at radius 3 is 1.90 bits per heavy atom. The van der Waals surface area contributed by atoms with Crippen molar-refractivity contribution in [1.29, 1.82) is 0 Å². The van der Waals surface area contributed by atoms with Crippen molar-refractivity contribution in [3.8, 4) is 0 Å². The molecule has 0 amide bonds. The first-order chi connectivity index (χ1) is 14.9. The van der Waals surface area contributed by atoms with Crippen molar-refractivity contribution >= 4 is 0 Å². The van der Waals surface area contributed by atoms with Gasteiger partial charge in [-0.25, -0.2) is 0 Å². The molecule has 0 spiro atoms. The Morgan fingerprint density at radius 2 is 1.32 bits per heavy atom. The molecule has 0 aromatic carbocycles. The van der Waals surface area contributed by atoms with Crippen LogP contribution in [-0.2, 0) is 0 Å². The van der Waals surface area contributed by atoms with Gasteiger partial charge in [0.25, 0.3) is 0 Å². The minimum atomic E-state index is 0.513. The molecule has 3 atom stereocenters. The zero-order valence-corrected chi connectivity index (χ0v) is 21.4. The number of hydrogen-bond acceptors (Lipinski definition) is 2. The predicted molar refractivity (Wildman–Crippen MR) is 134 cm³/mol. The van der Waals surface area contributed by atoms with E-state index < -0.39 is 0 Å². The van der Waals surface area contributed by atoms with Crippen molar-refractivity contribution in [3.63, 3.8) is 0 Å². The van der Waals surface area contributed by atoms with Crippen molar-refractivity contribution in [2.45, 2.75) is 124 Å². The Bertz CT molecular complexity index is 551. The summed E-state index contributed by atoms with van der Waals surface area (Å²) >= 11 is 0. The third-order valence-corrected chi connectivity index (χ3v) is 11.3. The van der Waals surface area contributed by atoms with E-state index in [0.717, 1.165) is 48.6 Å². The molecule has 0 saturated heterocycles. The van der Waals surface area contributed by atoms with Crippen molar-refractivity contribution in [2.24, 2.45) is 52.1 Å². The molecule has 0 radical (unpaired) electrons. The molecule has 0 aromatic heterocycles. The van der Waals surface area contributed by atoms with E-state index >= 15 is 0 Å². The highest BCUT2D eigenvalue weighted by Gasteiger charge is 2.51. The van der Waals surface area contributed by atoms with E-state index in [2.05, 4.69) is 33.0 Å². The Labute approximate surface area is 194 Å². The van der Waals surface area contributed by atoms with Gasteiger partial charge in [-0.2, -0.15) is 0 Å². The number of nitrogens with one attached hydrogen (secondary N) is 1. The van der Waals surface area contributed by atoms with E-state index in [9.17, 15) is 0 Å². The molecular weight excluding hydrogens is 376 g/mol. The lowest BCUT2D eigenvalue weighted by molar-refractivity contribution is -0.0623. The lowest BCUT2D eigenvalue weighted by atomic mass is 9.49. The van der Waals surface area contributed by atoms with Crippen LogP contribution in [0.5, 0.6) is 0 Å². The van der Waals surface area contributed by atoms with Crippen LogP contribution < -0.4 is 11.1 Å². The van der Waals surface area contributed by atoms with E-state index in [0.29, 0.717) is 16.9 Å². The maximum Gasteiger partial charge on any atom is 0.0104 e. The van der Waals surface area contributed by atoms with Crippen molar-refractivity contribution in [2.75, 3.05) is 13.1 Å². The van der Waals surface area contributed by atoms with Gasteiger partial charge in [-0.3, -0.25) is 0 Å². The van der Waals surface area contributed by atoms with Gasteiger partial charge in [-0.1, -0.05) is 53.4 Å². The number of rotatable bonds is 11. The van der Waals surface area contributed by atoms with Crippen molar-refractivity contribution in [1.82, 2.24) is 5.32 Å². The number of hydrogen-bond donors (Lipinski definition) is 2. The Hall–Kier alpha value is -0.0800. The SMILES string of the molecule is CC1(C)C2CCC(CC2)C1CCCCCCC(NCCN)C1C2CCC(CC2)C1(C)C. The van der Waals surface area contributed by atoms with E-state index in [1.807, 2.05) is 0 Å². The average Bonchev–Trinajstić information content (AvgIpc) is 2.75. The summed E-state index contributed by atoms with van der Waals surface area (Å²) in [4.78, 5) is 0. The molecule has 6 saturated carbocycles. The second-order valence-corrected chi connectivity index (χ2v) is 13.3. The standard InChI is InChI=1S/C29H54N2/c1-28(2)23-15-11-21(12-16-23)25(28)9-7-5-6-8-10-26(31-20-19-30)27-22-13-17-24(18-14-22)29(27,3)4/h21-27,31H,5-20,30H2,1-4H3. The maximum atomic E-state index is 5.90. The fourth-order valence-electron chi connectivity index (χ4n) is 9.49. The highest BCUT2D eigenvalue weighted by atomic mass is 14.9. The van der Waals surface area contributed by atoms with Gasteiger partial charge < -0.3 is 11.1 Å². The van der Waals surface area contributed by atoms with Crippen LogP contribution in [-0.4, -0.2) is 19.1 Å². The summed E-state index contributed by atoms with van der Waals surface area (Å²) in [6.07, 6.45) is 20.7. The van der Waals surface area contributed by atoms with Gasteiger partial charge in [-0.15, -0.1) is 0 Å². The summed E-state index contributed by atoms with van der Waals surface area (Å²) < 4.78 is 0. The quantitative estimate of drug-likeness (QED) is 0.341. The Balaban J connectivity index is 1.23. The van der Waals surface area contributed by atoms with Crippen LogP contribution in [0.1, 0.15) is 118 Å². The first kappa shape index (κ1) is 24.1. The third-order valence-electron chi connectivity index (χ3n) is 11.3. The minimum Gasteiger partial charge on any atom is -0.329 e. The zero-order chi connectivity index (χ0) is 22.1. The molecule has 0 aromatic rings. The summed E-state index contributed by atoms with van der Waals surface area (Å²) in [7, 11) is 0. The monoisotopic (exact) mass is 430 g/mol. The van der Waals surface area contributed by atoms with Crippen LogP contribution in [0, 0.1) is 46.3 Å². The van der Waals surface area contributed by atoms with Crippen molar-refractivity contribution < 1.29 is 0 Å². The molecule has 180 valence electrons. The largest absolute Gasteiger partial charge is 0.329 e. The van der Waals surface area contributed by atoms with Crippen LogP contribution in [0.3, 0.4) is 0 Å². The highest BCUT2D eigenvalue weighted by molar-refractivity contribution is 5.02. The normalized spacial score (nSPS) is 39.0. The summed E-state index contributed by atoms with van der Waals surface area (Å²) in [5, 5.41) is 3.93. The third kappa shape index (κ3) is 4.91. The van der Waals surface area contributed by atoms with Gasteiger partial charge in [0, 0.05) is 19.1 Å². The topological polar surface area (TPSA) is 38.0 Å². The molecule has 6 aliphatic carbocycles. The lowest BCUT2D eigenvalue weighted by Gasteiger charge is -2.57. The predicted octanol–water partition coefficient (Wildman–Crippen LogP) is 7.17. The number of unbranched alkanes of at least 4 members (excludes halogenated alkanes) is 3. The van der Waals surface area contributed by atoms with Gasteiger partial charge in [0.15, 0.2) is 0 Å². The molecule has 31 heavy (non-hydrogen) atoms.